The fourth-order valence-electron chi connectivity index (χ4n) is 0.372. The Hall–Kier alpha value is -1.10. The lowest BCUT2D eigenvalue weighted by molar-refractivity contribution is 0.858. The second kappa shape index (κ2) is 2.45. The van der Waals surface area contributed by atoms with E-state index in [1.165, 1.54) is 6.20 Å². The van der Waals surface area contributed by atoms with Gasteiger partial charge in [-0.1, -0.05) is 12.2 Å². The maximum Gasteiger partial charge on any atom is 0.124 e. The molecule has 4 nitrogen and oxygen atoms in total. The van der Waals surface area contributed by atoms with Crippen molar-refractivity contribution in [3.63, 3.8) is 0 Å². The quantitative estimate of drug-likeness (QED) is 0.533. The van der Waals surface area contributed by atoms with Gasteiger partial charge in [-0.15, -0.1) is 10.2 Å². The van der Waals surface area contributed by atoms with Gasteiger partial charge in [0.15, 0.2) is 0 Å². The van der Waals surface area contributed by atoms with Gasteiger partial charge in [0.05, 0.1) is 6.20 Å². The van der Waals surface area contributed by atoms with E-state index in [1.54, 1.807) is 6.07 Å². The summed E-state index contributed by atoms with van der Waals surface area (Å²) in [5, 5.41) is 10.3. The summed E-state index contributed by atoms with van der Waals surface area (Å²) in [7, 11) is 0. The van der Waals surface area contributed by atoms with Crippen LogP contribution < -0.4 is 5.73 Å². The molecule has 0 aliphatic carbocycles. The number of thiocarbonyl (C=S) groups is 1. The smallest absolute Gasteiger partial charge is 0.124 e. The molecule has 46 valence electrons. The van der Waals surface area contributed by atoms with Crippen LogP contribution in [0.4, 0.5) is 0 Å². The highest BCUT2D eigenvalue weighted by atomic mass is 32.1. The molecular weight excluding hydrogens is 136 g/mol. The van der Waals surface area contributed by atoms with Crippen molar-refractivity contribution in [2.45, 2.75) is 0 Å². The number of nitrogens with zero attached hydrogens (tertiary/aromatic N) is 3. The molecule has 0 atom stereocenters. The second-order valence-electron chi connectivity index (χ2n) is 1.37. The van der Waals surface area contributed by atoms with Crippen LogP contribution in [0.3, 0.4) is 0 Å². The minimum absolute atomic E-state index is 0.241. The van der Waals surface area contributed by atoms with Crippen molar-refractivity contribution in [2.75, 3.05) is 0 Å². The maximum absolute atomic E-state index is 5.21. The van der Waals surface area contributed by atoms with Gasteiger partial charge in [-0.2, -0.15) is 0 Å². The lowest BCUT2D eigenvalue weighted by atomic mass is 10.4. The van der Waals surface area contributed by atoms with E-state index in [-0.39, 0.29) is 4.99 Å². The molecule has 0 radical (unpaired) electrons. The monoisotopic (exact) mass is 140 g/mol. The Kier molecular flexibility index (Phi) is 1.64. The van der Waals surface area contributed by atoms with Gasteiger partial charge in [-0.05, 0) is 11.3 Å². The van der Waals surface area contributed by atoms with Crippen LogP contribution in [0.5, 0.6) is 0 Å². The molecule has 0 amide bonds. The second-order valence-corrected chi connectivity index (χ2v) is 1.81. The van der Waals surface area contributed by atoms with Gasteiger partial charge in [0, 0.05) is 0 Å². The Labute approximate surface area is 57.1 Å². The molecule has 0 saturated heterocycles. The molecule has 0 saturated carbocycles. The van der Waals surface area contributed by atoms with E-state index in [0.29, 0.717) is 5.69 Å². The third-order valence-electron chi connectivity index (χ3n) is 0.756. The van der Waals surface area contributed by atoms with Crippen LogP contribution in [0.1, 0.15) is 5.69 Å². The lowest BCUT2D eigenvalue weighted by Crippen LogP contribution is -2.12. The summed E-state index contributed by atoms with van der Waals surface area (Å²) in [5.74, 6) is 0. The van der Waals surface area contributed by atoms with Crippen molar-refractivity contribution in [3.05, 3.63) is 18.0 Å². The van der Waals surface area contributed by atoms with Gasteiger partial charge in [0.2, 0.25) is 0 Å². The first-order valence-electron chi connectivity index (χ1n) is 2.25. The van der Waals surface area contributed by atoms with Crippen LogP contribution in [0.15, 0.2) is 12.3 Å². The maximum atomic E-state index is 5.21. The topological polar surface area (TPSA) is 64.7 Å². The van der Waals surface area contributed by atoms with E-state index in [4.69, 9.17) is 5.73 Å². The summed E-state index contributed by atoms with van der Waals surface area (Å²) in [5.41, 5.74) is 5.71. The predicted molar refractivity (Wildman–Crippen MR) is 35.7 cm³/mol. The average molecular weight is 140 g/mol. The Morgan fingerprint density at radius 2 is 2.44 bits per heavy atom. The number of nitrogens with two attached hydrogens (primary N) is 1. The van der Waals surface area contributed by atoms with E-state index in [9.17, 15) is 0 Å². The normalized spacial score (nSPS) is 8.89. The molecule has 1 heterocycles. The minimum atomic E-state index is 0.241. The molecule has 2 N–H and O–H groups in total. The standard InChI is InChI=1S/C4H4N4S/c5-4(9)3-1-2-6-8-7-3/h1-2H,(H2,5,9). The number of rotatable bonds is 1. The molecule has 0 unspecified atom stereocenters. The fourth-order valence-corrected chi connectivity index (χ4v) is 0.481. The van der Waals surface area contributed by atoms with Crippen molar-refractivity contribution in [2.24, 2.45) is 5.73 Å². The van der Waals surface area contributed by atoms with Crippen molar-refractivity contribution >= 4 is 17.2 Å². The van der Waals surface area contributed by atoms with E-state index in [1.807, 2.05) is 0 Å². The van der Waals surface area contributed by atoms with Crippen LogP contribution in [-0.4, -0.2) is 20.4 Å². The van der Waals surface area contributed by atoms with E-state index >= 15 is 0 Å². The van der Waals surface area contributed by atoms with Gasteiger partial charge in [-0.25, -0.2) is 0 Å². The summed E-state index contributed by atoms with van der Waals surface area (Å²) in [6.45, 7) is 0. The van der Waals surface area contributed by atoms with Crippen LogP contribution >= 0.6 is 12.2 Å². The highest BCUT2D eigenvalue weighted by molar-refractivity contribution is 7.80. The fraction of sp³-hybridized carbons (Fsp3) is 0. The molecule has 9 heavy (non-hydrogen) atoms. The highest BCUT2D eigenvalue weighted by Gasteiger charge is 1.93. The predicted octanol–water partition coefficient (Wildman–Crippen LogP) is -0.494. The summed E-state index contributed by atoms with van der Waals surface area (Å²) >= 11 is 4.61. The highest BCUT2D eigenvalue weighted by Crippen LogP contribution is 1.86. The zero-order chi connectivity index (χ0) is 6.69. The van der Waals surface area contributed by atoms with E-state index < -0.39 is 0 Å². The zero-order valence-corrected chi connectivity index (χ0v) is 5.30. The molecule has 0 aliphatic rings. The molecule has 1 aromatic heterocycles. The molecule has 0 bridgehead atoms. The zero-order valence-electron chi connectivity index (χ0n) is 4.48. The molecule has 0 fully saturated rings. The van der Waals surface area contributed by atoms with Crippen molar-refractivity contribution in [3.8, 4) is 0 Å². The molecular formula is C4H4N4S. The first kappa shape index (κ1) is 6.03. The molecule has 0 aliphatic heterocycles. The lowest BCUT2D eigenvalue weighted by Gasteiger charge is -1.89. The summed E-state index contributed by atoms with van der Waals surface area (Å²) in [6, 6.07) is 1.61. The van der Waals surface area contributed by atoms with Crippen LogP contribution in [0, 0.1) is 0 Å². The van der Waals surface area contributed by atoms with Crippen molar-refractivity contribution in [1.82, 2.24) is 15.4 Å². The Balaban J connectivity index is 2.98. The Morgan fingerprint density at radius 3 is 2.78 bits per heavy atom. The third-order valence-corrected chi connectivity index (χ3v) is 0.965. The van der Waals surface area contributed by atoms with Gasteiger partial charge in [-0.3, -0.25) is 0 Å². The van der Waals surface area contributed by atoms with Crippen LogP contribution in [-0.2, 0) is 0 Å². The third kappa shape index (κ3) is 1.39. The molecule has 0 spiro atoms. The number of hydrogen-bond acceptors (Lipinski definition) is 4. The summed E-state index contributed by atoms with van der Waals surface area (Å²) in [4.78, 5) is 0.241. The summed E-state index contributed by atoms with van der Waals surface area (Å²) in [6.07, 6.45) is 1.49. The molecule has 0 aromatic carbocycles. The molecule has 1 aromatic rings. The van der Waals surface area contributed by atoms with Gasteiger partial charge in [0.1, 0.15) is 10.7 Å². The molecule has 5 heteroatoms. The van der Waals surface area contributed by atoms with E-state index in [0.717, 1.165) is 0 Å². The van der Waals surface area contributed by atoms with Crippen LogP contribution in [0.25, 0.3) is 0 Å². The van der Waals surface area contributed by atoms with Crippen LogP contribution in [0.2, 0.25) is 0 Å². The Bertz CT molecular complexity index is 209. The largest absolute Gasteiger partial charge is 0.388 e. The first-order chi connectivity index (χ1) is 4.30. The van der Waals surface area contributed by atoms with Gasteiger partial charge < -0.3 is 5.73 Å². The average Bonchev–Trinajstić information content (AvgIpc) is 1.90. The SMILES string of the molecule is NC(=S)c1ccnnn1. The van der Waals surface area contributed by atoms with Crippen molar-refractivity contribution < 1.29 is 0 Å². The Morgan fingerprint density at radius 1 is 1.67 bits per heavy atom. The minimum Gasteiger partial charge on any atom is -0.388 e. The van der Waals surface area contributed by atoms with Gasteiger partial charge in [0.25, 0.3) is 0 Å². The molecule has 1 rings (SSSR count). The number of hydrogen-bond donors (Lipinski definition) is 1. The van der Waals surface area contributed by atoms with Crippen molar-refractivity contribution in [1.29, 1.82) is 0 Å². The first-order valence-corrected chi connectivity index (χ1v) is 2.65. The van der Waals surface area contributed by atoms with Gasteiger partial charge >= 0.3 is 0 Å². The summed E-state index contributed by atoms with van der Waals surface area (Å²) < 4.78 is 0. The number of aromatic nitrogens is 3. The van der Waals surface area contributed by atoms with E-state index in [2.05, 4.69) is 27.6 Å².